The van der Waals surface area contributed by atoms with E-state index in [-0.39, 0.29) is 23.7 Å². The SMILES string of the molecule is Cc1cc(NC(=O)C2CCC(C(=O)NCCN(C)C)CC2)no1. The minimum atomic E-state index is -0.0576. The van der Waals surface area contributed by atoms with E-state index in [4.69, 9.17) is 4.52 Å². The molecular weight excluding hydrogens is 296 g/mol. The first kappa shape index (κ1) is 17.5. The quantitative estimate of drug-likeness (QED) is 0.827. The maximum Gasteiger partial charge on any atom is 0.228 e. The van der Waals surface area contributed by atoms with Crippen LogP contribution >= 0.6 is 0 Å². The standard InChI is InChI=1S/C16H26N4O3/c1-11-10-14(19-23-11)18-16(22)13-6-4-12(5-7-13)15(21)17-8-9-20(2)3/h10,12-13H,4-9H2,1-3H3,(H,17,21)(H,18,19,22). The largest absolute Gasteiger partial charge is 0.360 e. The fraction of sp³-hybridized carbons (Fsp3) is 0.688. The van der Waals surface area contributed by atoms with E-state index in [0.717, 1.165) is 32.2 Å². The molecule has 1 aromatic heterocycles. The zero-order chi connectivity index (χ0) is 16.8. The molecule has 7 nitrogen and oxygen atoms in total. The van der Waals surface area contributed by atoms with Crippen molar-refractivity contribution in [2.24, 2.45) is 11.8 Å². The first-order valence-corrected chi connectivity index (χ1v) is 8.12. The van der Waals surface area contributed by atoms with Gasteiger partial charge in [0, 0.05) is 31.0 Å². The van der Waals surface area contributed by atoms with Crippen molar-refractivity contribution in [2.45, 2.75) is 32.6 Å². The van der Waals surface area contributed by atoms with Gasteiger partial charge in [0.15, 0.2) is 5.82 Å². The van der Waals surface area contributed by atoms with Crippen LogP contribution in [0.2, 0.25) is 0 Å². The molecule has 128 valence electrons. The summed E-state index contributed by atoms with van der Waals surface area (Å²) in [7, 11) is 3.96. The first-order chi connectivity index (χ1) is 11.0. The van der Waals surface area contributed by atoms with Crippen molar-refractivity contribution in [3.63, 3.8) is 0 Å². The number of nitrogens with one attached hydrogen (secondary N) is 2. The van der Waals surface area contributed by atoms with Crippen LogP contribution in [0, 0.1) is 18.8 Å². The molecule has 0 radical (unpaired) electrons. The molecule has 23 heavy (non-hydrogen) atoms. The Bertz CT molecular complexity index is 533. The Morgan fingerprint density at radius 1 is 1.22 bits per heavy atom. The lowest BCUT2D eigenvalue weighted by molar-refractivity contribution is -0.128. The number of aromatic nitrogens is 1. The van der Waals surface area contributed by atoms with Gasteiger partial charge < -0.3 is 20.1 Å². The van der Waals surface area contributed by atoms with Gasteiger partial charge >= 0.3 is 0 Å². The zero-order valence-electron chi connectivity index (χ0n) is 14.1. The van der Waals surface area contributed by atoms with E-state index >= 15 is 0 Å². The molecule has 2 N–H and O–H groups in total. The predicted molar refractivity (Wildman–Crippen MR) is 86.9 cm³/mol. The van der Waals surface area contributed by atoms with Gasteiger partial charge in [-0.2, -0.15) is 0 Å². The summed E-state index contributed by atoms with van der Waals surface area (Å²) in [4.78, 5) is 26.3. The van der Waals surface area contributed by atoms with Crippen molar-refractivity contribution in [1.82, 2.24) is 15.4 Å². The summed E-state index contributed by atoms with van der Waals surface area (Å²) < 4.78 is 4.93. The van der Waals surface area contributed by atoms with Gasteiger partial charge in [-0.1, -0.05) is 5.16 Å². The topological polar surface area (TPSA) is 87.5 Å². The molecule has 0 atom stereocenters. The fourth-order valence-corrected chi connectivity index (χ4v) is 2.82. The van der Waals surface area contributed by atoms with Crippen molar-refractivity contribution in [2.75, 3.05) is 32.5 Å². The van der Waals surface area contributed by atoms with Crippen molar-refractivity contribution < 1.29 is 14.1 Å². The molecule has 0 aliphatic heterocycles. The Labute approximate surface area is 136 Å². The van der Waals surface area contributed by atoms with Crippen LogP contribution in [0.15, 0.2) is 10.6 Å². The second-order valence-electron chi connectivity index (χ2n) is 6.45. The highest BCUT2D eigenvalue weighted by Gasteiger charge is 2.30. The summed E-state index contributed by atoms with van der Waals surface area (Å²) in [6, 6.07) is 1.70. The Balaban J connectivity index is 1.72. The average Bonchev–Trinajstić information content (AvgIpc) is 2.92. The van der Waals surface area contributed by atoms with Gasteiger partial charge in [-0.25, -0.2) is 0 Å². The lowest BCUT2D eigenvalue weighted by atomic mass is 9.81. The maximum absolute atomic E-state index is 12.2. The van der Waals surface area contributed by atoms with Gasteiger partial charge in [0.25, 0.3) is 0 Å². The van der Waals surface area contributed by atoms with Gasteiger partial charge in [0.2, 0.25) is 11.8 Å². The molecule has 1 heterocycles. The summed E-state index contributed by atoms with van der Waals surface area (Å²) in [6.45, 7) is 3.28. The summed E-state index contributed by atoms with van der Waals surface area (Å²) in [5.74, 6) is 1.16. The molecule has 0 bridgehead atoms. The second kappa shape index (κ2) is 8.10. The average molecular weight is 322 g/mol. The monoisotopic (exact) mass is 322 g/mol. The van der Waals surface area contributed by atoms with Gasteiger partial charge in [-0.05, 0) is 46.7 Å². The van der Waals surface area contributed by atoms with Crippen LogP contribution in [0.3, 0.4) is 0 Å². The lowest BCUT2D eigenvalue weighted by Crippen LogP contribution is -2.38. The van der Waals surface area contributed by atoms with Crippen molar-refractivity contribution in [3.05, 3.63) is 11.8 Å². The fourth-order valence-electron chi connectivity index (χ4n) is 2.82. The molecular formula is C16H26N4O3. The molecule has 1 saturated carbocycles. The number of carbonyl (C=O) groups excluding carboxylic acids is 2. The van der Waals surface area contributed by atoms with Crippen LogP contribution in [0.25, 0.3) is 0 Å². The second-order valence-corrected chi connectivity index (χ2v) is 6.45. The van der Waals surface area contributed by atoms with E-state index in [1.807, 2.05) is 19.0 Å². The Kier molecular flexibility index (Phi) is 6.15. The van der Waals surface area contributed by atoms with E-state index in [2.05, 4.69) is 15.8 Å². The number of carbonyl (C=O) groups is 2. The van der Waals surface area contributed by atoms with Crippen LogP contribution < -0.4 is 10.6 Å². The summed E-state index contributed by atoms with van der Waals surface area (Å²) in [6.07, 6.45) is 2.97. The van der Waals surface area contributed by atoms with E-state index in [1.165, 1.54) is 0 Å². The van der Waals surface area contributed by atoms with Crippen LogP contribution in [0.5, 0.6) is 0 Å². The highest BCUT2D eigenvalue weighted by atomic mass is 16.5. The molecule has 1 aliphatic carbocycles. The normalized spacial score (nSPS) is 21.2. The Morgan fingerprint density at radius 3 is 2.35 bits per heavy atom. The number of aryl methyl sites for hydroxylation is 1. The number of rotatable bonds is 6. The van der Waals surface area contributed by atoms with Crippen molar-refractivity contribution >= 4 is 17.6 Å². The first-order valence-electron chi connectivity index (χ1n) is 8.12. The molecule has 0 saturated heterocycles. The lowest BCUT2D eigenvalue weighted by Gasteiger charge is -2.27. The smallest absolute Gasteiger partial charge is 0.228 e. The number of hydrogen-bond donors (Lipinski definition) is 2. The number of amides is 2. The molecule has 1 aliphatic rings. The van der Waals surface area contributed by atoms with Crippen LogP contribution in [0.1, 0.15) is 31.4 Å². The third-order valence-electron chi connectivity index (χ3n) is 4.21. The molecule has 1 aromatic rings. The number of nitrogens with zero attached hydrogens (tertiary/aromatic N) is 2. The number of likely N-dealkylation sites (N-methyl/N-ethyl adjacent to an activating group) is 1. The van der Waals surface area contributed by atoms with E-state index in [1.54, 1.807) is 13.0 Å². The molecule has 2 amide bonds. The van der Waals surface area contributed by atoms with Crippen LogP contribution in [-0.4, -0.2) is 49.1 Å². The van der Waals surface area contributed by atoms with Crippen LogP contribution in [-0.2, 0) is 9.59 Å². The van der Waals surface area contributed by atoms with Gasteiger partial charge in [-0.3, -0.25) is 9.59 Å². The van der Waals surface area contributed by atoms with E-state index in [0.29, 0.717) is 18.1 Å². The third kappa shape index (κ3) is 5.35. The summed E-state index contributed by atoms with van der Waals surface area (Å²) in [5, 5.41) is 9.51. The Morgan fingerprint density at radius 2 is 1.83 bits per heavy atom. The molecule has 7 heteroatoms. The third-order valence-corrected chi connectivity index (χ3v) is 4.21. The molecule has 0 spiro atoms. The van der Waals surface area contributed by atoms with Gasteiger partial charge in [-0.15, -0.1) is 0 Å². The molecule has 1 fully saturated rings. The van der Waals surface area contributed by atoms with Gasteiger partial charge in [0.1, 0.15) is 5.76 Å². The van der Waals surface area contributed by atoms with E-state index in [9.17, 15) is 9.59 Å². The summed E-state index contributed by atoms with van der Waals surface area (Å²) in [5.41, 5.74) is 0. The number of hydrogen-bond acceptors (Lipinski definition) is 5. The number of anilines is 1. The van der Waals surface area contributed by atoms with Crippen molar-refractivity contribution in [3.8, 4) is 0 Å². The minimum Gasteiger partial charge on any atom is -0.360 e. The molecule has 0 aromatic carbocycles. The van der Waals surface area contributed by atoms with Crippen molar-refractivity contribution in [1.29, 1.82) is 0 Å². The molecule has 2 rings (SSSR count). The zero-order valence-corrected chi connectivity index (χ0v) is 14.1. The highest BCUT2D eigenvalue weighted by Crippen LogP contribution is 2.29. The predicted octanol–water partition coefficient (Wildman–Crippen LogP) is 1.41. The Hall–Kier alpha value is -1.89. The highest BCUT2D eigenvalue weighted by molar-refractivity contribution is 5.91. The summed E-state index contributed by atoms with van der Waals surface area (Å²) >= 11 is 0. The minimum absolute atomic E-state index is 0.0236. The van der Waals surface area contributed by atoms with E-state index < -0.39 is 0 Å². The molecule has 0 unspecified atom stereocenters. The van der Waals surface area contributed by atoms with Crippen LogP contribution in [0.4, 0.5) is 5.82 Å². The maximum atomic E-state index is 12.2. The van der Waals surface area contributed by atoms with Gasteiger partial charge in [0.05, 0.1) is 0 Å².